The molecular weight excluding hydrogens is 205 g/mol. The second kappa shape index (κ2) is 3.06. The number of nitrogens with two attached hydrogens (primary N) is 1. The third kappa shape index (κ3) is 2.67. The van der Waals surface area contributed by atoms with Crippen LogP contribution in [0.25, 0.3) is 0 Å². The highest BCUT2D eigenvalue weighted by atomic mass is 127. The van der Waals surface area contributed by atoms with Gasteiger partial charge in [-0.1, -0.05) is 0 Å². The highest BCUT2D eigenvalue weighted by molar-refractivity contribution is 14.1. The van der Waals surface area contributed by atoms with E-state index in [-0.39, 0.29) is 0 Å². The molecule has 0 bridgehead atoms. The summed E-state index contributed by atoms with van der Waals surface area (Å²) in [4.78, 5) is 0. The summed E-state index contributed by atoms with van der Waals surface area (Å²) in [6.07, 6.45) is 0. The molecule has 0 saturated carbocycles. The van der Waals surface area contributed by atoms with E-state index in [1.165, 1.54) is 0 Å². The number of hydrogen-bond acceptors (Lipinski definition) is 2. The van der Waals surface area contributed by atoms with Crippen LogP contribution in [-0.4, -0.2) is 16.0 Å². The van der Waals surface area contributed by atoms with Crippen molar-refractivity contribution in [3.05, 3.63) is 0 Å². The van der Waals surface area contributed by atoms with Crippen LogP contribution in [-0.2, 0) is 0 Å². The van der Waals surface area contributed by atoms with Gasteiger partial charge < -0.3 is 8.96 Å². The standard InChI is InChI=1S/C3H8IN3/c1-3(6-5)7(2)4/h5H2,1-2H3. The van der Waals surface area contributed by atoms with E-state index in [2.05, 4.69) is 28.0 Å². The molecule has 0 saturated heterocycles. The quantitative estimate of drug-likeness (QED) is 0.159. The van der Waals surface area contributed by atoms with Gasteiger partial charge in [-0.15, -0.1) is 0 Å². The lowest BCUT2D eigenvalue weighted by atomic mass is 10.7. The van der Waals surface area contributed by atoms with E-state index >= 15 is 0 Å². The molecule has 2 N–H and O–H groups in total. The summed E-state index contributed by atoms with van der Waals surface area (Å²) >= 11 is 2.09. The fourth-order valence-electron chi connectivity index (χ4n) is 0.0796. The molecule has 0 aromatic carbocycles. The zero-order valence-electron chi connectivity index (χ0n) is 4.35. The maximum absolute atomic E-state index is 4.91. The number of nitrogens with zero attached hydrogens (tertiary/aromatic N) is 2. The molecule has 0 rings (SSSR count). The summed E-state index contributed by atoms with van der Waals surface area (Å²) in [5, 5.41) is 3.42. The lowest BCUT2D eigenvalue weighted by Crippen LogP contribution is -2.12. The van der Waals surface area contributed by atoms with Crippen molar-refractivity contribution in [2.75, 3.05) is 7.05 Å². The van der Waals surface area contributed by atoms with E-state index in [9.17, 15) is 0 Å². The molecule has 7 heavy (non-hydrogen) atoms. The molecule has 0 spiro atoms. The predicted molar refractivity (Wildman–Crippen MR) is 39.1 cm³/mol. The van der Waals surface area contributed by atoms with Gasteiger partial charge in [0.05, 0.1) is 22.9 Å². The van der Waals surface area contributed by atoms with Crippen LogP contribution in [0.5, 0.6) is 0 Å². The molecule has 42 valence electrons. The van der Waals surface area contributed by atoms with Crippen molar-refractivity contribution in [1.82, 2.24) is 3.11 Å². The Kier molecular flexibility index (Phi) is 3.06. The summed E-state index contributed by atoms with van der Waals surface area (Å²) in [7, 11) is 1.88. The molecule has 0 aromatic rings. The molecule has 0 aliphatic rings. The van der Waals surface area contributed by atoms with E-state index < -0.39 is 0 Å². The van der Waals surface area contributed by atoms with Crippen LogP contribution < -0.4 is 5.84 Å². The van der Waals surface area contributed by atoms with Crippen molar-refractivity contribution in [3.63, 3.8) is 0 Å². The SMILES string of the molecule is CC(=NN)N(C)I. The van der Waals surface area contributed by atoms with E-state index in [0.29, 0.717) is 0 Å². The Morgan fingerprint density at radius 2 is 2.29 bits per heavy atom. The molecule has 0 atom stereocenters. The summed E-state index contributed by atoms with van der Waals surface area (Å²) in [6, 6.07) is 0. The molecule has 0 radical (unpaired) electrons. The molecule has 0 aliphatic carbocycles. The lowest BCUT2D eigenvalue weighted by Gasteiger charge is -2.04. The van der Waals surface area contributed by atoms with Crippen LogP contribution in [0.4, 0.5) is 0 Å². The molecule has 4 heteroatoms. The second-order valence-corrected chi connectivity index (χ2v) is 2.60. The number of rotatable bonds is 0. The Morgan fingerprint density at radius 3 is 2.29 bits per heavy atom. The minimum absolute atomic E-state index is 0.820. The zero-order chi connectivity index (χ0) is 5.86. The van der Waals surface area contributed by atoms with Gasteiger partial charge in [-0.3, -0.25) is 0 Å². The number of hydrazone groups is 1. The molecule has 0 heterocycles. The van der Waals surface area contributed by atoms with E-state index in [1.54, 1.807) is 0 Å². The zero-order valence-corrected chi connectivity index (χ0v) is 6.51. The lowest BCUT2D eigenvalue weighted by molar-refractivity contribution is 0.884. The van der Waals surface area contributed by atoms with Crippen LogP contribution in [0.1, 0.15) is 6.92 Å². The summed E-state index contributed by atoms with van der Waals surface area (Å²) in [5.41, 5.74) is 0. The second-order valence-electron chi connectivity index (χ2n) is 1.15. The first-order valence-electron chi connectivity index (χ1n) is 1.82. The van der Waals surface area contributed by atoms with E-state index in [0.717, 1.165) is 5.84 Å². The third-order valence-corrected chi connectivity index (χ3v) is 1.33. The normalized spacial score (nSPS) is 11.6. The van der Waals surface area contributed by atoms with Gasteiger partial charge in [0.2, 0.25) is 0 Å². The Hall–Kier alpha value is 0. The van der Waals surface area contributed by atoms with Gasteiger partial charge in [0.25, 0.3) is 0 Å². The first kappa shape index (κ1) is 7.00. The van der Waals surface area contributed by atoms with Crippen molar-refractivity contribution >= 4 is 28.7 Å². The van der Waals surface area contributed by atoms with Crippen LogP contribution in [0.2, 0.25) is 0 Å². The van der Waals surface area contributed by atoms with Gasteiger partial charge in [0, 0.05) is 7.05 Å². The average Bonchev–Trinajstić information content (AvgIpc) is 1.65. The largest absolute Gasteiger partial charge is 0.322 e. The first-order valence-corrected chi connectivity index (χ1v) is 2.79. The Balaban J connectivity index is 3.56. The monoisotopic (exact) mass is 213 g/mol. The topological polar surface area (TPSA) is 41.6 Å². The Morgan fingerprint density at radius 1 is 1.86 bits per heavy atom. The highest BCUT2D eigenvalue weighted by Crippen LogP contribution is 1.92. The first-order chi connectivity index (χ1) is 3.18. The summed E-state index contributed by atoms with van der Waals surface area (Å²) < 4.78 is 1.82. The average molecular weight is 213 g/mol. The molecular formula is C3H8IN3. The van der Waals surface area contributed by atoms with E-state index in [1.807, 2.05) is 17.1 Å². The maximum atomic E-state index is 4.91. The van der Waals surface area contributed by atoms with Crippen LogP contribution in [0.15, 0.2) is 5.10 Å². The van der Waals surface area contributed by atoms with Gasteiger partial charge in [-0.05, 0) is 6.92 Å². The van der Waals surface area contributed by atoms with Crippen molar-refractivity contribution in [2.24, 2.45) is 10.9 Å². The molecule has 0 unspecified atom stereocenters. The summed E-state index contributed by atoms with van der Waals surface area (Å²) in [5.74, 6) is 5.73. The Bertz CT molecular complexity index is 78.2. The van der Waals surface area contributed by atoms with Gasteiger partial charge in [-0.25, -0.2) is 0 Å². The molecule has 3 nitrogen and oxygen atoms in total. The van der Waals surface area contributed by atoms with Gasteiger partial charge in [0.15, 0.2) is 0 Å². The molecule has 0 fully saturated rings. The van der Waals surface area contributed by atoms with Gasteiger partial charge in [-0.2, -0.15) is 5.10 Å². The Labute approximate surface area is 57.1 Å². The number of amidine groups is 1. The predicted octanol–water partition coefficient (Wildman–Crippen LogP) is 0.560. The minimum atomic E-state index is 0.820. The fourth-order valence-corrected chi connectivity index (χ4v) is 0.204. The van der Waals surface area contributed by atoms with E-state index in [4.69, 9.17) is 5.84 Å². The molecule has 0 amide bonds. The van der Waals surface area contributed by atoms with Crippen LogP contribution >= 0.6 is 22.9 Å². The minimum Gasteiger partial charge on any atom is -0.322 e. The highest BCUT2D eigenvalue weighted by Gasteiger charge is 1.88. The van der Waals surface area contributed by atoms with Gasteiger partial charge in [0.1, 0.15) is 5.84 Å². The van der Waals surface area contributed by atoms with Crippen molar-refractivity contribution < 1.29 is 0 Å². The fraction of sp³-hybridized carbons (Fsp3) is 0.667. The molecule has 0 aliphatic heterocycles. The maximum Gasteiger partial charge on any atom is 0.129 e. The smallest absolute Gasteiger partial charge is 0.129 e. The van der Waals surface area contributed by atoms with Crippen molar-refractivity contribution in [1.29, 1.82) is 0 Å². The van der Waals surface area contributed by atoms with Crippen LogP contribution in [0.3, 0.4) is 0 Å². The third-order valence-electron chi connectivity index (χ3n) is 0.633. The summed E-state index contributed by atoms with van der Waals surface area (Å²) in [6.45, 7) is 1.84. The van der Waals surface area contributed by atoms with Crippen molar-refractivity contribution in [3.8, 4) is 0 Å². The number of hydrogen-bond donors (Lipinski definition) is 1. The van der Waals surface area contributed by atoms with Gasteiger partial charge >= 0.3 is 0 Å². The number of halogens is 1. The van der Waals surface area contributed by atoms with Crippen LogP contribution in [0, 0.1) is 0 Å². The molecule has 0 aromatic heterocycles. The van der Waals surface area contributed by atoms with Crippen molar-refractivity contribution in [2.45, 2.75) is 6.92 Å².